The van der Waals surface area contributed by atoms with Gasteiger partial charge in [-0.3, -0.25) is 0 Å². The summed E-state index contributed by atoms with van der Waals surface area (Å²) < 4.78 is 0. The molecule has 4 aliphatic rings. The van der Waals surface area contributed by atoms with Crippen molar-refractivity contribution in [1.82, 2.24) is 0 Å². The van der Waals surface area contributed by atoms with Gasteiger partial charge in [0.1, 0.15) is 0 Å². The first-order valence-electron chi connectivity index (χ1n) is 44.0. The van der Waals surface area contributed by atoms with Crippen molar-refractivity contribution in [1.29, 1.82) is 0 Å². The molecular formula is C124H92. The summed E-state index contributed by atoms with van der Waals surface area (Å²) in [6.45, 7) is 19.0. The Balaban J connectivity index is 0.000000144. The van der Waals surface area contributed by atoms with Crippen LogP contribution in [0.4, 0.5) is 0 Å². The summed E-state index contributed by atoms with van der Waals surface area (Å²) in [5, 5.41) is 12.6. The Bertz CT molecular complexity index is 7810. The number of hydrogen-bond donors (Lipinski definition) is 0. The molecule has 0 bridgehead atoms. The molecule has 0 aromatic heterocycles. The quantitative estimate of drug-likeness (QED) is 0.0946. The third kappa shape index (κ3) is 11.8. The topological polar surface area (TPSA) is 0 Å². The van der Waals surface area contributed by atoms with Crippen LogP contribution in [0.3, 0.4) is 0 Å². The van der Waals surface area contributed by atoms with Crippen molar-refractivity contribution in [3.05, 3.63) is 468 Å². The normalized spacial score (nSPS) is 14.1. The Hall–Kier alpha value is -14.6. The van der Waals surface area contributed by atoms with Gasteiger partial charge >= 0.3 is 0 Å². The van der Waals surface area contributed by atoms with Crippen LogP contribution in [0.15, 0.2) is 406 Å². The molecule has 124 heavy (non-hydrogen) atoms. The van der Waals surface area contributed by atoms with E-state index in [9.17, 15) is 0 Å². The summed E-state index contributed by atoms with van der Waals surface area (Å²) in [5.41, 5.74) is 44.0. The number of hydrogen-bond acceptors (Lipinski definition) is 0. The molecule has 0 spiro atoms. The van der Waals surface area contributed by atoms with E-state index >= 15 is 0 Å². The van der Waals surface area contributed by atoms with Gasteiger partial charge in [-0.15, -0.1) is 0 Å². The maximum absolute atomic E-state index is 2.48. The van der Waals surface area contributed by atoms with Crippen LogP contribution in [0.25, 0.3) is 188 Å². The minimum absolute atomic E-state index is 0.0510. The Kier molecular flexibility index (Phi) is 17.1. The second-order valence-corrected chi connectivity index (χ2v) is 36.9. The van der Waals surface area contributed by atoms with E-state index in [2.05, 4.69) is 468 Å². The van der Waals surface area contributed by atoms with E-state index in [0.717, 1.165) is 0 Å². The van der Waals surface area contributed by atoms with Gasteiger partial charge in [0.25, 0.3) is 0 Å². The summed E-state index contributed by atoms with van der Waals surface area (Å²) >= 11 is 0. The highest BCUT2D eigenvalue weighted by atomic mass is 14.4. The fraction of sp³-hybridized carbons (Fsp3) is 0.0968. The van der Waals surface area contributed by atoms with Crippen molar-refractivity contribution in [3.8, 4) is 122 Å². The van der Waals surface area contributed by atoms with Crippen LogP contribution in [0.5, 0.6) is 0 Å². The van der Waals surface area contributed by atoms with Crippen molar-refractivity contribution in [3.63, 3.8) is 0 Å². The molecule has 0 N–H and O–H groups in total. The molecule has 0 nitrogen and oxygen atoms in total. The second-order valence-electron chi connectivity index (χ2n) is 36.9. The van der Waals surface area contributed by atoms with Gasteiger partial charge < -0.3 is 0 Å². The molecule has 4 aliphatic carbocycles. The molecular weight excluding hydrogens is 1490 g/mol. The highest BCUT2D eigenvalue weighted by molar-refractivity contribution is 6.24. The van der Waals surface area contributed by atoms with Crippen LogP contribution < -0.4 is 0 Å². The van der Waals surface area contributed by atoms with Crippen LogP contribution in [0, 0.1) is 0 Å². The fourth-order valence-electron chi connectivity index (χ4n) is 22.2. The van der Waals surface area contributed by atoms with E-state index in [4.69, 9.17) is 0 Å². The lowest BCUT2D eigenvalue weighted by Crippen LogP contribution is -2.14. The zero-order valence-corrected chi connectivity index (χ0v) is 71.3. The van der Waals surface area contributed by atoms with E-state index in [1.807, 2.05) is 0 Å². The molecule has 0 heterocycles. The number of benzene rings is 20. The van der Waals surface area contributed by atoms with Crippen LogP contribution in [0.2, 0.25) is 0 Å². The Morgan fingerprint density at radius 1 is 0.169 bits per heavy atom. The lowest BCUT2D eigenvalue weighted by atomic mass is 9.80. The average Bonchev–Trinajstić information content (AvgIpc) is 1.00. The van der Waals surface area contributed by atoms with E-state index in [-0.39, 0.29) is 21.7 Å². The van der Waals surface area contributed by atoms with E-state index in [1.165, 1.54) is 243 Å². The lowest BCUT2D eigenvalue weighted by molar-refractivity contribution is 0.660. The summed E-state index contributed by atoms with van der Waals surface area (Å²) in [6, 6.07) is 152. The Labute approximate surface area is 727 Å². The molecule has 0 fully saturated rings. The highest BCUT2D eigenvalue weighted by Gasteiger charge is 2.40. The molecule has 0 radical (unpaired) electrons. The maximum atomic E-state index is 2.48. The minimum Gasteiger partial charge on any atom is -0.0622 e. The van der Waals surface area contributed by atoms with Gasteiger partial charge in [0.15, 0.2) is 0 Å². The van der Waals surface area contributed by atoms with Crippen LogP contribution in [-0.4, -0.2) is 0 Å². The lowest BCUT2D eigenvalue weighted by Gasteiger charge is -2.23. The molecule has 0 saturated heterocycles. The molecule has 24 rings (SSSR count). The Morgan fingerprint density at radius 2 is 0.444 bits per heavy atom. The molecule has 0 heteroatoms. The monoisotopic (exact) mass is 1580 g/mol. The zero-order chi connectivity index (χ0) is 83.5. The minimum atomic E-state index is -0.0773. The largest absolute Gasteiger partial charge is 0.0622 e. The summed E-state index contributed by atoms with van der Waals surface area (Å²) in [6.07, 6.45) is 2.32. The molecule has 0 unspecified atom stereocenters. The number of rotatable bonds is 10. The first-order valence-corrected chi connectivity index (χ1v) is 44.0. The average molecular weight is 1580 g/mol. The van der Waals surface area contributed by atoms with Crippen molar-refractivity contribution < 1.29 is 0 Å². The highest BCUT2D eigenvalue weighted by Crippen LogP contribution is 2.57. The molecule has 20 aromatic carbocycles. The van der Waals surface area contributed by atoms with E-state index in [0.29, 0.717) is 0 Å². The van der Waals surface area contributed by atoms with Gasteiger partial charge in [-0.1, -0.05) is 413 Å². The molecule has 0 saturated carbocycles. The molecule has 20 aromatic rings. The first kappa shape index (κ1) is 74.5. The van der Waals surface area contributed by atoms with Crippen molar-refractivity contribution in [2.45, 2.75) is 77.0 Å². The van der Waals surface area contributed by atoms with Crippen LogP contribution >= 0.6 is 0 Å². The molecule has 0 atom stereocenters. The smallest absolute Gasteiger partial charge is 0.0159 e. The second kappa shape index (κ2) is 28.5. The third-order valence-electron chi connectivity index (χ3n) is 28.5. The van der Waals surface area contributed by atoms with Gasteiger partial charge in [-0.2, -0.15) is 0 Å². The van der Waals surface area contributed by atoms with Gasteiger partial charge in [-0.05, 0) is 298 Å². The third-order valence-corrected chi connectivity index (χ3v) is 28.5. The van der Waals surface area contributed by atoms with Crippen LogP contribution in [0.1, 0.15) is 117 Å². The first-order chi connectivity index (χ1) is 60.5. The van der Waals surface area contributed by atoms with Gasteiger partial charge in [0.05, 0.1) is 0 Å². The summed E-state index contributed by atoms with van der Waals surface area (Å²) in [4.78, 5) is 0. The van der Waals surface area contributed by atoms with E-state index in [1.54, 1.807) is 0 Å². The van der Waals surface area contributed by atoms with Crippen molar-refractivity contribution >= 4 is 65.5 Å². The van der Waals surface area contributed by atoms with Crippen molar-refractivity contribution in [2.24, 2.45) is 0 Å². The SMILES string of the molecule is CC1(C)c2ccccc2-c2cc(-c3c4ccccc4c(-c4ccc(C=C(c5ccccc5)c5ccccc5)cc4)c4ccc(-c5ccc6c(c5)C(C)(C)c5ccccc5-6)cc34)ccc21.CC1(C)c2ccccc2-c2cc(-c3c4ccccc4c(-c4ccc5cc(-c6ccccc6)ccc5c4)c4ccc(-c5ccc6c(c5)C(C)(C)c5ccccc5-6)cc34)ccc21. The summed E-state index contributed by atoms with van der Waals surface area (Å²) in [5.74, 6) is 0. The standard InChI is InChI=1S/C64H48.C60H44/c1-63(2)58-26-16-14-22-49(58)55-39-47(33-36-59(55)63)62-52-24-12-11-23-51(52)61(44-29-27-41(28-30-44)37-54(42-17-7-5-8-18-42)43-19-9-6-10-20-43)53-35-32-45(38-56(53)62)46-31-34-50-48-21-13-15-25-57(48)64(3,4)60(50)40-46;1-59(2)54-21-13-11-17-46(54)51-35-44(28-31-55(51)59)58-49-19-9-8-18-48(49)57(43-25-24-39-32-38(22-23-40(39)33-43)37-14-6-5-7-15-37)50-30-27-41(34-52(50)58)42-26-29-47-45-16-10-12-20-53(45)60(3,4)56(47)36-42/h5-40H,1-4H3;5-36H,1-4H3. The van der Waals surface area contributed by atoms with Gasteiger partial charge in [-0.25, -0.2) is 0 Å². The molecule has 0 amide bonds. The molecule has 0 aliphatic heterocycles. The van der Waals surface area contributed by atoms with Crippen molar-refractivity contribution in [2.75, 3.05) is 0 Å². The predicted molar refractivity (Wildman–Crippen MR) is 529 cm³/mol. The molecule has 588 valence electrons. The van der Waals surface area contributed by atoms with Gasteiger partial charge in [0, 0.05) is 21.7 Å². The predicted octanol–water partition coefficient (Wildman–Crippen LogP) is 33.6. The Morgan fingerprint density at radius 3 is 0.879 bits per heavy atom. The van der Waals surface area contributed by atoms with Gasteiger partial charge in [0.2, 0.25) is 0 Å². The fourth-order valence-corrected chi connectivity index (χ4v) is 22.2. The van der Waals surface area contributed by atoms with Crippen LogP contribution in [-0.2, 0) is 21.7 Å². The number of fused-ring (bicyclic) bond motifs is 17. The zero-order valence-electron chi connectivity index (χ0n) is 71.3. The maximum Gasteiger partial charge on any atom is 0.0159 e. The summed E-state index contributed by atoms with van der Waals surface area (Å²) in [7, 11) is 0. The van der Waals surface area contributed by atoms with E-state index < -0.39 is 0 Å².